The second-order valence-corrected chi connectivity index (χ2v) is 9.57. The Labute approximate surface area is 194 Å². The summed E-state index contributed by atoms with van der Waals surface area (Å²) in [7, 11) is 0. The molecule has 0 bridgehead atoms. The van der Waals surface area contributed by atoms with Gasteiger partial charge in [0.2, 0.25) is 0 Å². The topological polar surface area (TPSA) is 44.0 Å². The lowest BCUT2D eigenvalue weighted by molar-refractivity contribution is 0.220. The lowest BCUT2D eigenvalue weighted by Crippen LogP contribution is -2.29. The first-order valence-corrected chi connectivity index (χ1v) is 12.2. The maximum absolute atomic E-state index is 14.9. The third-order valence-corrected chi connectivity index (χ3v) is 7.09. The fraction of sp³-hybridized carbons (Fsp3) is 0.444. The lowest BCUT2D eigenvalue weighted by atomic mass is 9.95. The maximum Gasteiger partial charge on any atom is 0.166 e. The Morgan fingerprint density at radius 3 is 2.58 bits per heavy atom. The molecule has 1 aliphatic carbocycles. The number of rotatable bonds is 6. The van der Waals surface area contributed by atoms with Gasteiger partial charge in [-0.2, -0.15) is 5.10 Å². The van der Waals surface area contributed by atoms with Crippen LogP contribution in [0.2, 0.25) is 0 Å². The molecule has 4 nitrogen and oxygen atoms in total. The van der Waals surface area contributed by atoms with Crippen molar-refractivity contribution in [2.75, 3.05) is 13.1 Å². The highest BCUT2D eigenvalue weighted by atomic mass is 19.2. The van der Waals surface area contributed by atoms with Gasteiger partial charge in [0.15, 0.2) is 11.6 Å². The van der Waals surface area contributed by atoms with Crippen LogP contribution in [0.15, 0.2) is 36.9 Å². The molecule has 1 aromatic heterocycles. The average molecular weight is 451 g/mol. The van der Waals surface area contributed by atoms with Crippen molar-refractivity contribution in [1.82, 2.24) is 20.4 Å². The fourth-order valence-corrected chi connectivity index (χ4v) is 5.30. The Balaban J connectivity index is 1.44. The summed E-state index contributed by atoms with van der Waals surface area (Å²) in [6, 6.07) is 9.14. The van der Waals surface area contributed by atoms with Gasteiger partial charge >= 0.3 is 0 Å². The number of hydrogen-bond donors (Lipinski definition) is 2. The highest BCUT2D eigenvalue weighted by Gasteiger charge is 2.19. The average Bonchev–Trinajstić information content (AvgIpc) is 3.26. The van der Waals surface area contributed by atoms with Crippen molar-refractivity contribution in [2.24, 2.45) is 0 Å². The molecule has 0 atom stereocenters. The van der Waals surface area contributed by atoms with Gasteiger partial charge in [-0.25, -0.2) is 8.78 Å². The molecule has 2 aliphatic rings. The minimum atomic E-state index is -0.805. The van der Waals surface area contributed by atoms with Gasteiger partial charge in [-0.05, 0) is 74.2 Å². The van der Waals surface area contributed by atoms with Crippen molar-refractivity contribution >= 4 is 16.6 Å². The number of H-pyrrole nitrogens is 1. The smallest absolute Gasteiger partial charge is 0.166 e. The zero-order chi connectivity index (χ0) is 22.8. The number of aromatic amines is 1. The summed E-state index contributed by atoms with van der Waals surface area (Å²) in [5, 5.41) is 11.9. The summed E-state index contributed by atoms with van der Waals surface area (Å²) < 4.78 is 29.5. The van der Waals surface area contributed by atoms with Crippen molar-refractivity contribution in [3.8, 4) is 11.1 Å². The van der Waals surface area contributed by atoms with E-state index in [1.807, 2.05) is 18.2 Å². The van der Waals surface area contributed by atoms with Gasteiger partial charge in [0.05, 0.1) is 11.2 Å². The van der Waals surface area contributed by atoms with Crippen molar-refractivity contribution < 1.29 is 8.78 Å². The molecule has 0 amide bonds. The number of nitrogens with zero attached hydrogens (tertiary/aromatic N) is 2. The minimum absolute atomic E-state index is 0.293. The Hall–Kier alpha value is -2.73. The zero-order valence-corrected chi connectivity index (χ0v) is 19.1. The zero-order valence-electron chi connectivity index (χ0n) is 19.1. The van der Waals surface area contributed by atoms with E-state index in [-0.39, 0.29) is 0 Å². The molecule has 2 aromatic carbocycles. The van der Waals surface area contributed by atoms with Crippen LogP contribution in [0.4, 0.5) is 8.78 Å². The number of benzene rings is 2. The molecule has 1 saturated heterocycles. The molecule has 5 rings (SSSR count). The third-order valence-electron chi connectivity index (χ3n) is 7.09. The van der Waals surface area contributed by atoms with Crippen LogP contribution in [0.25, 0.3) is 27.7 Å². The molecule has 1 saturated carbocycles. The number of halogens is 2. The Bertz CT molecular complexity index is 1140. The van der Waals surface area contributed by atoms with Gasteiger partial charge in [-0.15, -0.1) is 0 Å². The SMILES string of the molecule is C=C(NC1CCCCC1)c1n[nH]c2ccc(-c3cc(CN4CCCCC4)cc(F)c3F)cc12. The van der Waals surface area contributed by atoms with Crippen LogP contribution in [0.5, 0.6) is 0 Å². The van der Waals surface area contributed by atoms with Crippen LogP contribution in [0.1, 0.15) is 62.6 Å². The summed E-state index contributed by atoms with van der Waals surface area (Å²) in [6.45, 7) is 6.88. The number of likely N-dealkylation sites (tertiary alicyclic amines) is 1. The minimum Gasteiger partial charge on any atom is -0.381 e. The van der Waals surface area contributed by atoms with Crippen LogP contribution in [-0.4, -0.2) is 34.2 Å². The molecule has 1 aliphatic heterocycles. The molecule has 2 fully saturated rings. The highest BCUT2D eigenvalue weighted by molar-refractivity contribution is 5.92. The Morgan fingerprint density at radius 2 is 1.79 bits per heavy atom. The number of piperidine rings is 1. The molecule has 2 heterocycles. The number of hydrogen-bond acceptors (Lipinski definition) is 3. The maximum atomic E-state index is 14.9. The molecule has 0 radical (unpaired) electrons. The number of nitrogens with one attached hydrogen (secondary N) is 2. The molecule has 0 spiro atoms. The molecule has 174 valence electrons. The van der Waals surface area contributed by atoms with E-state index in [1.165, 1.54) is 31.7 Å². The van der Waals surface area contributed by atoms with E-state index >= 15 is 0 Å². The normalized spacial score (nSPS) is 18.0. The van der Waals surface area contributed by atoms with Gasteiger partial charge in [0, 0.05) is 23.5 Å². The lowest BCUT2D eigenvalue weighted by Gasteiger charge is -2.26. The second-order valence-electron chi connectivity index (χ2n) is 9.57. The first-order chi connectivity index (χ1) is 16.1. The standard InChI is InChI=1S/C27H32F2N4/c1-18(30-21-8-4-2-5-9-21)27-23-16-20(10-11-25(23)31-32-27)22-14-19(15-24(28)26(22)29)17-33-12-6-3-7-13-33/h10-11,14-16,21,30H,1-9,12-13,17H2,(H,31,32). The molecule has 0 unspecified atom stereocenters. The van der Waals surface area contributed by atoms with Crippen molar-refractivity contribution in [2.45, 2.75) is 64.0 Å². The van der Waals surface area contributed by atoms with Gasteiger partial charge in [0.25, 0.3) is 0 Å². The number of fused-ring (bicyclic) bond motifs is 1. The second kappa shape index (κ2) is 9.64. The summed E-state index contributed by atoms with van der Waals surface area (Å²) in [4.78, 5) is 2.32. The predicted molar refractivity (Wildman–Crippen MR) is 130 cm³/mol. The molecule has 2 N–H and O–H groups in total. The van der Waals surface area contributed by atoms with Crippen LogP contribution >= 0.6 is 0 Å². The summed E-state index contributed by atoms with van der Waals surface area (Å²) >= 11 is 0. The van der Waals surface area contributed by atoms with E-state index in [9.17, 15) is 8.78 Å². The predicted octanol–water partition coefficient (Wildman–Crippen LogP) is 6.39. The van der Waals surface area contributed by atoms with Gasteiger partial charge < -0.3 is 5.32 Å². The quantitative estimate of drug-likeness (QED) is 0.458. The van der Waals surface area contributed by atoms with Crippen LogP contribution in [0.3, 0.4) is 0 Å². The molecule has 6 heteroatoms. The molecular weight excluding hydrogens is 418 g/mol. The van der Waals surface area contributed by atoms with Crippen molar-refractivity contribution in [3.63, 3.8) is 0 Å². The largest absolute Gasteiger partial charge is 0.381 e. The summed E-state index contributed by atoms with van der Waals surface area (Å²) in [6.07, 6.45) is 9.60. The van der Waals surface area contributed by atoms with Crippen molar-refractivity contribution in [1.29, 1.82) is 0 Å². The Morgan fingerprint density at radius 1 is 1.03 bits per heavy atom. The van der Waals surface area contributed by atoms with Crippen LogP contribution in [0, 0.1) is 11.6 Å². The van der Waals surface area contributed by atoms with E-state index in [1.54, 1.807) is 6.07 Å². The summed E-state index contributed by atoms with van der Waals surface area (Å²) in [5.74, 6) is -1.60. The van der Waals surface area contributed by atoms with Crippen LogP contribution in [-0.2, 0) is 6.54 Å². The number of aromatic nitrogens is 2. The van der Waals surface area contributed by atoms with E-state index in [2.05, 4.69) is 27.0 Å². The van der Waals surface area contributed by atoms with Gasteiger partial charge in [0.1, 0.15) is 5.69 Å². The summed E-state index contributed by atoms with van der Waals surface area (Å²) in [5.41, 5.74) is 4.11. The molecular formula is C27H32F2N4. The van der Waals surface area contributed by atoms with E-state index in [0.717, 1.165) is 66.6 Å². The molecule has 33 heavy (non-hydrogen) atoms. The van der Waals surface area contributed by atoms with E-state index < -0.39 is 11.6 Å². The van der Waals surface area contributed by atoms with Crippen molar-refractivity contribution in [3.05, 3.63) is 59.8 Å². The third kappa shape index (κ3) is 4.81. The highest BCUT2D eigenvalue weighted by Crippen LogP contribution is 2.32. The van der Waals surface area contributed by atoms with Gasteiger partial charge in [-0.1, -0.05) is 38.3 Å². The first kappa shape index (κ1) is 22.1. The van der Waals surface area contributed by atoms with E-state index in [4.69, 9.17) is 0 Å². The van der Waals surface area contributed by atoms with Crippen LogP contribution < -0.4 is 5.32 Å². The monoisotopic (exact) mass is 450 g/mol. The van der Waals surface area contributed by atoms with E-state index in [0.29, 0.717) is 23.7 Å². The fourth-order valence-electron chi connectivity index (χ4n) is 5.30. The molecule has 3 aromatic rings. The van der Waals surface area contributed by atoms with Gasteiger partial charge in [-0.3, -0.25) is 10.00 Å². The Kier molecular flexibility index (Phi) is 6.45. The first-order valence-electron chi connectivity index (χ1n) is 12.2.